The Morgan fingerprint density at radius 1 is 1.60 bits per heavy atom. The Hall–Kier alpha value is -1.82. The van der Waals surface area contributed by atoms with Crippen LogP contribution in [-0.4, -0.2) is 5.91 Å². The highest BCUT2D eigenvalue weighted by atomic mass is 16.1. The second-order valence-corrected chi connectivity index (χ2v) is 4.05. The summed E-state index contributed by atoms with van der Waals surface area (Å²) in [5.74, 6) is -0.165. The Morgan fingerprint density at radius 2 is 2.33 bits per heavy atom. The van der Waals surface area contributed by atoms with Gasteiger partial charge >= 0.3 is 0 Å². The van der Waals surface area contributed by atoms with Gasteiger partial charge in [-0.05, 0) is 30.9 Å². The van der Waals surface area contributed by atoms with E-state index in [1.165, 1.54) is 0 Å². The Morgan fingerprint density at radius 3 is 2.87 bits per heavy atom. The molecule has 2 N–H and O–H groups in total. The normalized spacial score (nSPS) is 23.2. The number of rotatable bonds is 2. The van der Waals surface area contributed by atoms with Crippen molar-refractivity contribution in [1.29, 1.82) is 5.26 Å². The average Bonchev–Trinajstić information content (AvgIpc) is 2.97. The first-order valence-electron chi connectivity index (χ1n) is 4.93. The zero-order valence-electron chi connectivity index (χ0n) is 8.53. The SMILES string of the molecule is Cc1ccc(C#N)c([C@H]2C[C@@H]2C(N)=O)c1. The maximum atomic E-state index is 11.0. The highest BCUT2D eigenvalue weighted by molar-refractivity contribution is 5.81. The largest absolute Gasteiger partial charge is 0.369 e. The number of benzene rings is 1. The maximum absolute atomic E-state index is 11.0. The van der Waals surface area contributed by atoms with E-state index in [4.69, 9.17) is 11.0 Å². The summed E-state index contributed by atoms with van der Waals surface area (Å²) in [4.78, 5) is 11.0. The molecule has 1 aliphatic carbocycles. The molecule has 0 radical (unpaired) electrons. The molecule has 1 aromatic carbocycles. The summed E-state index contributed by atoms with van der Waals surface area (Å²) in [5.41, 5.74) is 7.98. The van der Waals surface area contributed by atoms with Gasteiger partial charge in [0, 0.05) is 5.92 Å². The zero-order chi connectivity index (χ0) is 11.0. The zero-order valence-corrected chi connectivity index (χ0v) is 8.53. The van der Waals surface area contributed by atoms with Crippen molar-refractivity contribution in [3.8, 4) is 6.07 Å². The van der Waals surface area contributed by atoms with Gasteiger partial charge in [-0.3, -0.25) is 4.79 Å². The minimum Gasteiger partial charge on any atom is -0.369 e. The van der Waals surface area contributed by atoms with E-state index >= 15 is 0 Å². The molecule has 1 saturated carbocycles. The summed E-state index contributed by atoms with van der Waals surface area (Å²) in [6.07, 6.45) is 0.785. The van der Waals surface area contributed by atoms with Gasteiger partial charge in [-0.1, -0.05) is 17.7 Å². The smallest absolute Gasteiger partial charge is 0.221 e. The van der Waals surface area contributed by atoms with Crippen LogP contribution in [0, 0.1) is 24.2 Å². The lowest BCUT2D eigenvalue weighted by Crippen LogP contribution is -2.13. The Balaban J connectivity index is 2.33. The molecule has 0 bridgehead atoms. The molecule has 1 aliphatic rings. The third-order valence-corrected chi connectivity index (χ3v) is 2.88. The summed E-state index contributed by atoms with van der Waals surface area (Å²) in [7, 11) is 0. The molecule has 0 saturated heterocycles. The summed E-state index contributed by atoms with van der Waals surface area (Å²) in [6, 6.07) is 7.84. The summed E-state index contributed by atoms with van der Waals surface area (Å²) in [6.45, 7) is 1.98. The summed E-state index contributed by atoms with van der Waals surface area (Å²) < 4.78 is 0. The fourth-order valence-electron chi connectivity index (χ4n) is 1.94. The first kappa shape index (κ1) is 9.72. The lowest BCUT2D eigenvalue weighted by atomic mass is 10.0. The highest BCUT2D eigenvalue weighted by Crippen LogP contribution is 2.48. The van der Waals surface area contributed by atoms with E-state index < -0.39 is 0 Å². The Kier molecular flexibility index (Phi) is 2.20. The van der Waals surface area contributed by atoms with Crippen LogP contribution in [0.3, 0.4) is 0 Å². The van der Waals surface area contributed by atoms with Crippen LogP contribution in [0.1, 0.15) is 29.0 Å². The molecule has 0 heterocycles. The number of carbonyl (C=O) groups is 1. The lowest BCUT2D eigenvalue weighted by Gasteiger charge is -2.03. The molecular formula is C12H12N2O. The number of hydrogen-bond acceptors (Lipinski definition) is 2. The van der Waals surface area contributed by atoms with Crippen LogP contribution < -0.4 is 5.73 Å². The van der Waals surface area contributed by atoms with Crippen molar-refractivity contribution in [2.45, 2.75) is 19.3 Å². The Bertz CT molecular complexity index is 459. The molecule has 0 unspecified atom stereocenters. The fourth-order valence-corrected chi connectivity index (χ4v) is 1.94. The topological polar surface area (TPSA) is 66.9 Å². The molecule has 3 nitrogen and oxygen atoms in total. The van der Waals surface area contributed by atoms with Crippen molar-refractivity contribution in [2.24, 2.45) is 11.7 Å². The first-order chi connectivity index (χ1) is 7.13. The van der Waals surface area contributed by atoms with Crippen molar-refractivity contribution in [1.82, 2.24) is 0 Å². The van der Waals surface area contributed by atoms with E-state index in [9.17, 15) is 4.79 Å². The standard InChI is InChI=1S/C12H12N2O/c1-7-2-3-8(6-13)9(4-7)10-5-11(10)12(14)15/h2-4,10-11H,5H2,1H3,(H2,14,15)/t10-,11+/m1/s1. The van der Waals surface area contributed by atoms with Gasteiger partial charge in [0.25, 0.3) is 0 Å². The van der Waals surface area contributed by atoms with Crippen LogP contribution >= 0.6 is 0 Å². The highest BCUT2D eigenvalue weighted by Gasteiger charge is 2.43. The van der Waals surface area contributed by atoms with Gasteiger partial charge in [0.15, 0.2) is 0 Å². The van der Waals surface area contributed by atoms with Gasteiger partial charge in [0.05, 0.1) is 11.6 Å². The molecule has 2 rings (SSSR count). The van der Waals surface area contributed by atoms with Gasteiger partial charge < -0.3 is 5.73 Å². The predicted octanol–water partition coefficient (Wildman–Crippen LogP) is 1.46. The van der Waals surface area contributed by atoms with Gasteiger partial charge in [0.2, 0.25) is 5.91 Å². The van der Waals surface area contributed by atoms with E-state index in [1.807, 2.05) is 19.1 Å². The number of aryl methyl sites for hydroxylation is 1. The number of nitriles is 1. The third-order valence-electron chi connectivity index (χ3n) is 2.88. The third kappa shape index (κ3) is 1.71. The van der Waals surface area contributed by atoms with E-state index in [-0.39, 0.29) is 17.7 Å². The number of carbonyl (C=O) groups excluding carboxylic acids is 1. The van der Waals surface area contributed by atoms with Gasteiger partial charge in [-0.15, -0.1) is 0 Å². The minimum absolute atomic E-state index is 0.0705. The van der Waals surface area contributed by atoms with Crippen LogP contribution in [0.5, 0.6) is 0 Å². The van der Waals surface area contributed by atoms with E-state index in [1.54, 1.807) is 6.07 Å². The second kappa shape index (κ2) is 3.39. The van der Waals surface area contributed by atoms with Crippen LogP contribution in [0.25, 0.3) is 0 Å². The van der Waals surface area contributed by atoms with Crippen molar-refractivity contribution in [3.05, 3.63) is 34.9 Å². The van der Waals surface area contributed by atoms with Crippen LogP contribution in [0.2, 0.25) is 0 Å². The molecule has 0 aromatic heterocycles. The van der Waals surface area contributed by atoms with Crippen molar-refractivity contribution >= 4 is 5.91 Å². The second-order valence-electron chi connectivity index (χ2n) is 4.05. The number of nitrogens with zero attached hydrogens (tertiary/aromatic N) is 1. The number of hydrogen-bond donors (Lipinski definition) is 1. The molecule has 1 fully saturated rings. The minimum atomic E-state index is -0.259. The quantitative estimate of drug-likeness (QED) is 0.785. The number of amides is 1. The molecule has 1 amide bonds. The fraction of sp³-hybridized carbons (Fsp3) is 0.333. The molecule has 76 valence electrons. The number of primary amides is 1. The predicted molar refractivity (Wildman–Crippen MR) is 55.9 cm³/mol. The van der Waals surface area contributed by atoms with Crippen molar-refractivity contribution in [3.63, 3.8) is 0 Å². The van der Waals surface area contributed by atoms with E-state index in [0.29, 0.717) is 5.56 Å². The number of nitrogens with two attached hydrogens (primary N) is 1. The molecule has 0 spiro atoms. The maximum Gasteiger partial charge on any atom is 0.221 e. The van der Waals surface area contributed by atoms with Crippen LogP contribution in [-0.2, 0) is 4.79 Å². The monoisotopic (exact) mass is 200 g/mol. The van der Waals surface area contributed by atoms with Gasteiger partial charge in [-0.25, -0.2) is 0 Å². The lowest BCUT2D eigenvalue weighted by molar-refractivity contribution is -0.119. The summed E-state index contributed by atoms with van der Waals surface area (Å²) >= 11 is 0. The van der Waals surface area contributed by atoms with E-state index in [2.05, 4.69) is 6.07 Å². The van der Waals surface area contributed by atoms with Crippen molar-refractivity contribution in [2.75, 3.05) is 0 Å². The molecule has 1 aromatic rings. The molecule has 3 heteroatoms. The average molecular weight is 200 g/mol. The first-order valence-corrected chi connectivity index (χ1v) is 4.93. The van der Waals surface area contributed by atoms with E-state index in [0.717, 1.165) is 17.5 Å². The Labute approximate surface area is 88.5 Å². The molecule has 0 aliphatic heterocycles. The molecule has 2 atom stereocenters. The van der Waals surface area contributed by atoms with Gasteiger partial charge in [-0.2, -0.15) is 5.26 Å². The molecule has 15 heavy (non-hydrogen) atoms. The van der Waals surface area contributed by atoms with Crippen LogP contribution in [0.15, 0.2) is 18.2 Å². The van der Waals surface area contributed by atoms with Gasteiger partial charge in [0.1, 0.15) is 0 Å². The summed E-state index contributed by atoms with van der Waals surface area (Å²) in [5, 5.41) is 8.94. The van der Waals surface area contributed by atoms with Crippen molar-refractivity contribution < 1.29 is 4.79 Å². The van der Waals surface area contributed by atoms with Crippen LogP contribution in [0.4, 0.5) is 0 Å². The molecular weight excluding hydrogens is 188 g/mol.